The van der Waals surface area contributed by atoms with Gasteiger partial charge in [-0.15, -0.1) is 12.4 Å². The molecule has 0 aliphatic carbocycles. The van der Waals surface area contributed by atoms with E-state index in [9.17, 15) is 0 Å². The molecule has 2 rings (SSSR count). The highest BCUT2D eigenvalue weighted by molar-refractivity contribution is 5.85. The maximum absolute atomic E-state index is 3.54. The van der Waals surface area contributed by atoms with Crippen LogP contribution in [0.2, 0.25) is 0 Å². The van der Waals surface area contributed by atoms with Gasteiger partial charge in [-0.25, -0.2) is 0 Å². The van der Waals surface area contributed by atoms with Crippen molar-refractivity contribution >= 4 is 12.4 Å². The number of aryl methyl sites for hydroxylation is 1. The number of nitrogens with one attached hydrogen (secondary N) is 1. The molecular formula is C14H22ClN. The first-order valence-corrected chi connectivity index (χ1v) is 6.22. The Morgan fingerprint density at radius 2 is 2.00 bits per heavy atom. The third-order valence-corrected chi connectivity index (χ3v) is 3.26. The van der Waals surface area contributed by atoms with Gasteiger partial charge < -0.3 is 5.32 Å². The summed E-state index contributed by atoms with van der Waals surface area (Å²) in [6.07, 6.45) is 6.44. The van der Waals surface area contributed by atoms with Crippen molar-refractivity contribution in [2.24, 2.45) is 0 Å². The predicted molar refractivity (Wildman–Crippen MR) is 72.3 cm³/mol. The lowest BCUT2D eigenvalue weighted by Gasteiger charge is -2.11. The van der Waals surface area contributed by atoms with E-state index in [1.807, 2.05) is 0 Å². The van der Waals surface area contributed by atoms with E-state index in [-0.39, 0.29) is 12.4 Å². The number of unbranched alkanes of at least 4 members (excludes halogenated alkanes) is 1. The Bertz CT molecular complexity index is 288. The lowest BCUT2D eigenvalue weighted by Crippen LogP contribution is -2.12. The van der Waals surface area contributed by atoms with Gasteiger partial charge in [-0.2, -0.15) is 0 Å². The van der Waals surface area contributed by atoms with Gasteiger partial charge in [0, 0.05) is 6.04 Å². The second kappa shape index (κ2) is 6.93. The van der Waals surface area contributed by atoms with Gasteiger partial charge in [0.05, 0.1) is 0 Å². The molecule has 0 spiro atoms. The Morgan fingerprint density at radius 1 is 1.25 bits per heavy atom. The molecule has 1 fully saturated rings. The number of hydrogen-bond acceptors (Lipinski definition) is 1. The SMILES string of the molecule is CCCCc1ccc([C@@H]2CCCN2)cc1.Cl. The van der Waals surface area contributed by atoms with E-state index in [2.05, 4.69) is 36.5 Å². The van der Waals surface area contributed by atoms with Gasteiger partial charge in [0.25, 0.3) is 0 Å². The van der Waals surface area contributed by atoms with Crippen molar-refractivity contribution in [2.75, 3.05) is 6.54 Å². The van der Waals surface area contributed by atoms with Crippen LogP contribution in [0.25, 0.3) is 0 Å². The quantitative estimate of drug-likeness (QED) is 0.841. The molecule has 0 aromatic heterocycles. The maximum atomic E-state index is 3.54. The monoisotopic (exact) mass is 239 g/mol. The zero-order chi connectivity index (χ0) is 10.5. The zero-order valence-corrected chi connectivity index (χ0v) is 10.9. The minimum absolute atomic E-state index is 0. The summed E-state index contributed by atoms with van der Waals surface area (Å²) in [5.41, 5.74) is 2.95. The molecule has 2 heteroatoms. The van der Waals surface area contributed by atoms with Gasteiger partial charge in [-0.3, -0.25) is 0 Å². The van der Waals surface area contributed by atoms with Crippen LogP contribution in [0.5, 0.6) is 0 Å². The van der Waals surface area contributed by atoms with E-state index in [1.165, 1.54) is 49.8 Å². The standard InChI is InChI=1S/C14H21N.ClH/c1-2-3-5-12-7-9-13(10-8-12)14-6-4-11-15-14;/h7-10,14-15H,2-6,11H2,1H3;1H/t14-;/m0./s1. The molecule has 1 aromatic carbocycles. The number of rotatable bonds is 4. The van der Waals surface area contributed by atoms with E-state index in [0.29, 0.717) is 6.04 Å². The van der Waals surface area contributed by atoms with Gasteiger partial charge in [-0.1, -0.05) is 37.6 Å². The molecule has 0 bridgehead atoms. The molecule has 1 atom stereocenters. The zero-order valence-electron chi connectivity index (χ0n) is 10.0. The molecule has 90 valence electrons. The van der Waals surface area contributed by atoms with Gasteiger partial charge in [0.2, 0.25) is 0 Å². The number of halogens is 1. The van der Waals surface area contributed by atoms with Crippen LogP contribution in [0.1, 0.15) is 49.8 Å². The van der Waals surface area contributed by atoms with Gasteiger partial charge in [0.15, 0.2) is 0 Å². The summed E-state index contributed by atoms with van der Waals surface area (Å²) in [5, 5.41) is 3.54. The summed E-state index contributed by atoms with van der Waals surface area (Å²) in [5.74, 6) is 0. The van der Waals surface area contributed by atoms with Crippen LogP contribution in [0.15, 0.2) is 24.3 Å². The lowest BCUT2D eigenvalue weighted by atomic mass is 10.0. The molecule has 1 heterocycles. The van der Waals surface area contributed by atoms with Crippen LogP contribution in [-0.4, -0.2) is 6.54 Å². The second-order valence-electron chi connectivity index (χ2n) is 4.49. The van der Waals surface area contributed by atoms with Crippen molar-refractivity contribution in [3.63, 3.8) is 0 Å². The minimum Gasteiger partial charge on any atom is -0.310 e. The van der Waals surface area contributed by atoms with E-state index < -0.39 is 0 Å². The summed E-state index contributed by atoms with van der Waals surface area (Å²) in [7, 11) is 0. The highest BCUT2D eigenvalue weighted by Gasteiger charge is 2.15. The average Bonchev–Trinajstić information content (AvgIpc) is 2.80. The first kappa shape index (κ1) is 13.5. The second-order valence-corrected chi connectivity index (χ2v) is 4.49. The van der Waals surface area contributed by atoms with E-state index in [1.54, 1.807) is 0 Å². The predicted octanol–water partition coefficient (Wildman–Crippen LogP) is 3.88. The third kappa shape index (κ3) is 3.50. The largest absolute Gasteiger partial charge is 0.310 e. The van der Waals surface area contributed by atoms with Crippen LogP contribution in [0.3, 0.4) is 0 Å². The summed E-state index contributed by atoms with van der Waals surface area (Å²) in [6.45, 7) is 3.43. The molecule has 1 aromatic rings. The molecule has 1 N–H and O–H groups in total. The van der Waals surface area contributed by atoms with Crippen LogP contribution >= 0.6 is 12.4 Å². The van der Waals surface area contributed by atoms with Crippen molar-refractivity contribution in [3.05, 3.63) is 35.4 Å². The van der Waals surface area contributed by atoms with Crippen molar-refractivity contribution in [2.45, 2.75) is 45.1 Å². The van der Waals surface area contributed by atoms with Crippen molar-refractivity contribution in [1.29, 1.82) is 0 Å². The Hall–Kier alpha value is -0.530. The summed E-state index contributed by atoms with van der Waals surface area (Å²) >= 11 is 0. The van der Waals surface area contributed by atoms with Gasteiger partial charge in [-0.05, 0) is 43.4 Å². The molecule has 16 heavy (non-hydrogen) atoms. The molecular weight excluding hydrogens is 218 g/mol. The van der Waals surface area contributed by atoms with E-state index in [0.717, 1.165) is 0 Å². The highest BCUT2D eigenvalue weighted by atomic mass is 35.5. The number of benzene rings is 1. The van der Waals surface area contributed by atoms with E-state index >= 15 is 0 Å². The fraction of sp³-hybridized carbons (Fsp3) is 0.571. The maximum Gasteiger partial charge on any atom is 0.0320 e. The van der Waals surface area contributed by atoms with Gasteiger partial charge >= 0.3 is 0 Å². The van der Waals surface area contributed by atoms with Crippen molar-refractivity contribution in [1.82, 2.24) is 5.32 Å². The normalized spacial score (nSPS) is 19.4. The fourth-order valence-corrected chi connectivity index (χ4v) is 2.27. The third-order valence-electron chi connectivity index (χ3n) is 3.26. The Morgan fingerprint density at radius 3 is 2.56 bits per heavy atom. The molecule has 0 amide bonds. The average molecular weight is 240 g/mol. The van der Waals surface area contributed by atoms with Crippen LogP contribution < -0.4 is 5.32 Å². The van der Waals surface area contributed by atoms with Crippen LogP contribution in [-0.2, 0) is 6.42 Å². The topological polar surface area (TPSA) is 12.0 Å². The van der Waals surface area contributed by atoms with Crippen LogP contribution in [0, 0.1) is 0 Å². The summed E-state index contributed by atoms with van der Waals surface area (Å²) < 4.78 is 0. The molecule has 1 aliphatic heterocycles. The Balaban J connectivity index is 0.00000128. The Labute approximate surface area is 105 Å². The minimum atomic E-state index is 0. The van der Waals surface area contributed by atoms with Crippen molar-refractivity contribution in [3.8, 4) is 0 Å². The summed E-state index contributed by atoms with van der Waals surface area (Å²) in [6, 6.07) is 9.81. The van der Waals surface area contributed by atoms with E-state index in [4.69, 9.17) is 0 Å². The molecule has 0 radical (unpaired) electrons. The van der Waals surface area contributed by atoms with Crippen LogP contribution in [0.4, 0.5) is 0 Å². The fourth-order valence-electron chi connectivity index (χ4n) is 2.27. The molecule has 0 saturated carbocycles. The smallest absolute Gasteiger partial charge is 0.0320 e. The molecule has 1 saturated heterocycles. The Kier molecular flexibility index (Phi) is 5.86. The molecule has 0 unspecified atom stereocenters. The first-order valence-electron chi connectivity index (χ1n) is 6.22. The first-order chi connectivity index (χ1) is 7.40. The molecule has 1 nitrogen and oxygen atoms in total. The lowest BCUT2D eigenvalue weighted by molar-refractivity contribution is 0.647. The van der Waals surface area contributed by atoms with Gasteiger partial charge in [0.1, 0.15) is 0 Å². The van der Waals surface area contributed by atoms with Crippen molar-refractivity contribution < 1.29 is 0 Å². The number of hydrogen-bond donors (Lipinski definition) is 1. The molecule has 1 aliphatic rings. The summed E-state index contributed by atoms with van der Waals surface area (Å²) in [4.78, 5) is 0. The highest BCUT2D eigenvalue weighted by Crippen LogP contribution is 2.23.